The molecule has 2 aliphatic rings. The van der Waals surface area contributed by atoms with Crippen molar-refractivity contribution in [2.75, 3.05) is 0 Å². The van der Waals surface area contributed by atoms with Crippen molar-refractivity contribution in [3.8, 4) is 0 Å². The summed E-state index contributed by atoms with van der Waals surface area (Å²) in [5, 5.41) is 2.79. The van der Waals surface area contributed by atoms with Crippen LogP contribution in [-0.2, 0) is 17.0 Å². The van der Waals surface area contributed by atoms with E-state index < -0.39 is 17.0 Å². The fourth-order valence-electron chi connectivity index (χ4n) is 5.10. The van der Waals surface area contributed by atoms with E-state index in [0.29, 0.717) is 11.8 Å². The van der Waals surface area contributed by atoms with E-state index in [4.69, 9.17) is 18.6 Å². The summed E-state index contributed by atoms with van der Waals surface area (Å²) in [4.78, 5) is 0. The molecule has 3 aromatic carbocycles. The topological polar surface area (TPSA) is 33.5 Å². The molecule has 0 heterocycles. The van der Waals surface area contributed by atoms with Gasteiger partial charge in [-0.25, -0.2) is 0 Å². The first-order valence-electron chi connectivity index (χ1n) is 10.4. The molecule has 1 fully saturated rings. The van der Waals surface area contributed by atoms with Gasteiger partial charge in [-0.2, -0.15) is 12.5 Å². The van der Waals surface area contributed by atoms with E-state index in [2.05, 4.69) is 73.7 Å². The normalized spacial score (nSPS) is 17.6. The van der Waals surface area contributed by atoms with Crippen molar-refractivity contribution in [2.24, 2.45) is 0 Å². The van der Waals surface area contributed by atoms with Crippen LogP contribution in [-0.4, -0.2) is 0 Å². The van der Waals surface area contributed by atoms with Gasteiger partial charge in [-0.3, -0.25) is 0 Å². The Hall–Kier alpha value is -1.22. The molecule has 0 saturated heterocycles. The Morgan fingerprint density at radius 3 is 2.30 bits per heavy atom. The molecular weight excluding hydrogens is 445 g/mol. The van der Waals surface area contributed by atoms with Crippen LogP contribution in [0.15, 0.2) is 60.7 Å². The minimum Gasteiger partial charge on any atom is -0.693 e. The second-order valence-electron chi connectivity index (χ2n) is 7.95. The summed E-state index contributed by atoms with van der Waals surface area (Å²) in [5.41, 5.74) is 6.97. The van der Waals surface area contributed by atoms with E-state index in [-0.39, 0.29) is 6.15 Å². The maximum atomic E-state index is 4.89. The van der Waals surface area contributed by atoms with Gasteiger partial charge in [-0.1, -0.05) is 104 Å². The molecular formula is C26H27Cl2NTi-2. The maximum Gasteiger partial charge on any atom is -0.693 e. The van der Waals surface area contributed by atoms with Crippen LogP contribution in [0.3, 0.4) is 0 Å². The Kier molecular flexibility index (Phi) is 8.51. The van der Waals surface area contributed by atoms with Gasteiger partial charge in [0.25, 0.3) is 0 Å². The number of rotatable bonds is 2. The van der Waals surface area contributed by atoms with Crippen molar-refractivity contribution in [3.63, 3.8) is 0 Å². The van der Waals surface area contributed by atoms with Gasteiger partial charge in [0.05, 0.1) is 0 Å². The Balaban J connectivity index is 0.000000606. The minimum absolute atomic E-state index is 0. The van der Waals surface area contributed by atoms with Gasteiger partial charge in [-0.15, -0.1) is 17.2 Å². The number of hydrogen-bond donors (Lipinski definition) is 0. The number of benzene rings is 3. The van der Waals surface area contributed by atoms with Crippen LogP contribution in [0.25, 0.3) is 23.0 Å². The van der Waals surface area contributed by atoms with Gasteiger partial charge in [0.15, 0.2) is 0 Å². The predicted molar refractivity (Wildman–Crippen MR) is 129 cm³/mol. The largest absolute Gasteiger partial charge is 0.693 e. The Bertz CT molecular complexity index is 1020. The van der Waals surface area contributed by atoms with Crippen molar-refractivity contribution in [1.29, 1.82) is 0 Å². The number of fused-ring (bicyclic) bond motifs is 2. The quantitative estimate of drug-likeness (QED) is 0.263. The van der Waals surface area contributed by atoms with Gasteiger partial charge in [0.1, 0.15) is 0 Å². The van der Waals surface area contributed by atoms with Gasteiger partial charge < -0.3 is 6.15 Å². The molecule has 0 radical (unpaired) electrons. The molecule has 0 spiro atoms. The first-order chi connectivity index (χ1) is 14.2. The van der Waals surface area contributed by atoms with Crippen LogP contribution in [0.1, 0.15) is 71.8 Å². The average Bonchev–Trinajstić information content (AvgIpc) is 3.18. The summed E-state index contributed by atoms with van der Waals surface area (Å²) < 4.78 is 0. The van der Waals surface area contributed by atoms with E-state index in [0.717, 1.165) is 0 Å². The van der Waals surface area contributed by atoms with Gasteiger partial charge in [-0.05, 0) is 22.4 Å². The fourth-order valence-corrected chi connectivity index (χ4v) is 5.10. The zero-order chi connectivity index (χ0) is 20.2. The van der Waals surface area contributed by atoms with Crippen LogP contribution in [0, 0.1) is 6.92 Å². The molecule has 0 amide bonds. The minimum atomic E-state index is -0.556. The van der Waals surface area contributed by atoms with Crippen LogP contribution < -0.4 is 0 Å². The first kappa shape index (κ1) is 23.4. The molecule has 2 aliphatic carbocycles. The van der Waals surface area contributed by atoms with E-state index in [1.807, 2.05) is 0 Å². The van der Waals surface area contributed by atoms with Crippen LogP contribution in [0.5, 0.6) is 0 Å². The fraction of sp³-hybridized carbons (Fsp3) is 0.269. The van der Waals surface area contributed by atoms with E-state index in [1.165, 1.54) is 70.7 Å². The molecule has 30 heavy (non-hydrogen) atoms. The van der Waals surface area contributed by atoms with Crippen molar-refractivity contribution in [1.82, 2.24) is 0 Å². The van der Waals surface area contributed by atoms with Crippen LogP contribution in [0.4, 0.5) is 0 Å². The summed E-state index contributed by atoms with van der Waals surface area (Å²) in [6.07, 6.45) is 11.4. The van der Waals surface area contributed by atoms with Crippen LogP contribution in [0.2, 0.25) is 0 Å². The van der Waals surface area contributed by atoms with Crippen molar-refractivity contribution in [3.05, 3.63) is 102 Å². The molecule has 0 bridgehead atoms. The first-order valence-corrected chi connectivity index (χ1v) is 14.6. The second-order valence-corrected chi connectivity index (χ2v) is 10.5. The summed E-state index contributed by atoms with van der Waals surface area (Å²) in [7, 11) is 9.78. The van der Waals surface area contributed by atoms with Gasteiger partial charge >= 0.3 is 35.6 Å². The second kappa shape index (κ2) is 10.9. The third-order valence-corrected chi connectivity index (χ3v) is 6.38. The van der Waals surface area contributed by atoms with Gasteiger partial charge in [0, 0.05) is 0 Å². The van der Waals surface area contributed by atoms with Crippen molar-refractivity contribution < 1.29 is 17.0 Å². The third-order valence-electron chi connectivity index (χ3n) is 6.38. The number of halogens is 2. The van der Waals surface area contributed by atoms with Gasteiger partial charge in [0.2, 0.25) is 0 Å². The molecule has 1 unspecified atom stereocenters. The number of nitrogens with two attached hydrogens (primary N) is 1. The van der Waals surface area contributed by atoms with Crippen LogP contribution >= 0.6 is 18.6 Å². The van der Waals surface area contributed by atoms with Crippen molar-refractivity contribution >= 4 is 35.5 Å². The molecule has 4 heteroatoms. The number of hydrogen-bond acceptors (Lipinski definition) is 0. The Morgan fingerprint density at radius 1 is 0.867 bits per heavy atom. The molecule has 1 atom stereocenters. The summed E-state index contributed by atoms with van der Waals surface area (Å²) in [6.45, 7) is 4.63. The summed E-state index contributed by atoms with van der Waals surface area (Å²) in [5.74, 6) is 1.01. The zero-order valence-electron chi connectivity index (χ0n) is 17.1. The monoisotopic (exact) mass is 471 g/mol. The van der Waals surface area contributed by atoms with E-state index >= 15 is 0 Å². The zero-order valence-corrected chi connectivity index (χ0v) is 20.2. The molecule has 156 valence electrons. The molecule has 0 aliphatic heterocycles. The summed E-state index contributed by atoms with van der Waals surface area (Å²) in [6, 6.07) is 20.1. The average molecular weight is 472 g/mol. The maximum absolute atomic E-state index is 4.89. The molecule has 1 saturated carbocycles. The molecule has 3 aromatic rings. The Morgan fingerprint density at radius 2 is 1.53 bits per heavy atom. The van der Waals surface area contributed by atoms with Crippen molar-refractivity contribution in [2.45, 2.75) is 43.9 Å². The molecule has 5 rings (SSSR count). The van der Waals surface area contributed by atoms with E-state index in [9.17, 15) is 0 Å². The summed E-state index contributed by atoms with van der Waals surface area (Å²) >= 11 is -0.556. The molecule has 0 aromatic heterocycles. The SMILES string of the molecule is [CH2-]c1c(C2C=Cc3ccccc32)cc2ccccc2c1C1CCCCC1.[Cl][Ti][Cl].[NH2-]. The standard InChI is InChI=1S/C26H25.2ClH.H2N.Ti/c1-18-25(24-16-15-19-9-5-7-13-22(19)24)17-21-12-6-8-14-23(21)26(18)20-10-3-2-4-11-20;;;;/h5-9,12-17,20,24H,1-4,10-11H2;2*1H;1H2;/q-1;;;-1;+2/p-2. The molecule has 2 N–H and O–H groups in total. The third kappa shape index (κ3) is 4.66. The predicted octanol–water partition coefficient (Wildman–Crippen LogP) is 9.32. The Labute approximate surface area is 197 Å². The molecule has 1 nitrogen and oxygen atoms in total. The smallest absolute Gasteiger partial charge is 0.693 e. The number of allylic oxidation sites excluding steroid dienone is 1. The van der Waals surface area contributed by atoms with E-state index in [1.54, 1.807) is 0 Å².